The number of aromatic amines is 1. The molecule has 1 aromatic heterocycles. The summed E-state index contributed by atoms with van der Waals surface area (Å²) in [5.74, 6) is -2.45. The number of benzene rings is 2. The van der Waals surface area contributed by atoms with Crippen molar-refractivity contribution in [3.63, 3.8) is 0 Å². The van der Waals surface area contributed by atoms with E-state index in [-0.39, 0.29) is 31.6 Å². The van der Waals surface area contributed by atoms with Gasteiger partial charge in [0.2, 0.25) is 5.76 Å². The predicted molar refractivity (Wildman–Crippen MR) is 123 cm³/mol. The van der Waals surface area contributed by atoms with Gasteiger partial charge in [0.05, 0.1) is 11.5 Å². The van der Waals surface area contributed by atoms with E-state index < -0.39 is 34.7 Å². The number of carboxylic acid groups (broad SMARTS) is 1. The number of amides is 1. The Labute approximate surface area is 199 Å². The molecule has 0 aliphatic carbocycles. The molecule has 0 radical (unpaired) electrons. The molecule has 0 saturated heterocycles. The Bertz CT molecular complexity index is 1220. The number of carboxylic acids is 1. The molecule has 10 heteroatoms. The van der Waals surface area contributed by atoms with Crippen molar-refractivity contribution in [2.24, 2.45) is 5.41 Å². The number of halogens is 2. The van der Waals surface area contributed by atoms with Crippen molar-refractivity contribution in [1.29, 1.82) is 0 Å². The normalized spacial score (nSPS) is 13.8. The number of carbonyl (C=O) groups is 2. The summed E-state index contributed by atoms with van der Waals surface area (Å²) in [6, 6.07) is 11.5. The molecule has 0 saturated carbocycles. The van der Waals surface area contributed by atoms with Gasteiger partial charge in [-0.05, 0) is 55.5 Å². The van der Waals surface area contributed by atoms with Crippen molar-refractivity contribution in [1.82, 2.24) is 10.5 Å². The van der Waals surface area contributed by atoms with E-state index in [4.69, 9.17) is 16.1 Å². The Morgan fingerprint density at radius 3 is 2.50 bits per heavy atom. The third-order valence-electron chi connectivity index (χ3n) is 5.64. The minimum absolute atomic E-state index is 0.00790. The predicted octanol–water partition coefficient (Wildman–Crippen LogP) is 3.63. The first kappa shape index (κ1) is 25.2. The first-order valence-corrected chi connectivity index (χ1v) is 10.9. The summed E-state index contributed by atoms with van der Waals surface area (Å²) in [4.78, 5) is 35.7. The molecule has 0 fully saturated rings. The largest absolute Gasteiger partial charge is 0.481 e. The molecule has 2 atom stereocenters. The fraction of sp³-hybridized carbons (Fsp3) is 0.292. The summed E-state index contributed by atoms with van der Waals surface area (Å²) >= 11 is 5.98. The lowest BCUT2D eigenvalue weighted by molar-refractivity contribution is -0.149. The van der Waals surface area contributed by atoms with Gasteiger partial charge >= 0.3 is 5.97 Å². The fourth-order valence-corrected chi connectivity index (χ4v) is 3.91. The third kappa shape index (κ3) is 6.12. The maximum absolute atomic E-state index is 14.2. The standard InChI is InChI=1S/C24H24ClFN2O6/c1-24(8-9-29,23(32)33)13-17(27-22(31)20-12-21(30)28-34-20)10-14-2-4-15(5-3-14)18-11-16(25)6-7-19(18)26/h2-7,11-12,17,29H,8-10,13H2,1H3,(H,27,31)(H,28,30)(H,32,33)/t17-,24-/m1/s1. The van der Waals surface area contributed by atoms with Crippen molar-refractivity contribution in [3.8, 4) is 11.1 Å². The van der Waals surface area contributed by atoms with Gasteiger partial charge in [-0.3, -0.25) is 14.4 Å². The highest BCUT2D eigenvalue weighted by Crippen LogP contribution is 2.30. The average Bonchev–Trinajstić information content (AvgIpc) is 3.22. The van der Waals surface area contributed by atoms with Gasteiger partial charge in [0, 0.05) is 23.2 Å². The van der Waals surface area contributed by atoms with E-state index in [0.717, 1.165) is 11.6 Å². The molecule has 3 aromatic rings. The summed E-state index contributed by atoms with van der Waals surface area (Å²) in [5.41, 5.74) is -0.193. The highest BCUT2D eigenvalue weighted by molar-refractivity contribution is 6.30. The van der Waals surface area contributed by atoms with Crippen LogP contribution in [0, 0.1) is 11.2 Å². The number of hydrogen-bond donors (Lipinski definition) is 4. The van der Waals surface area contributed by atoms with Crippen molar-refractivity contribution in [3.05, 3.63) is 81.0 Å². The topological polar surface area (TPSA) is 133 Å². The van der Waals surface area contributed by atoms with Gasteiger partial charge in [-0.15, -0.1) is 0 Å². The SMILES string of the molecule is C[C@@](CCO)(C[C@@H](Cc1ccc(-c2cc(Cl)ccc2F)cc1)NC(=O)c1cc(=O)[nH]o1)C(=O)O. The second-order valence-corrected chi connectivity index (χ2v) is 8.75. The van der Waals surface area contributed by atoms with Crippen LogP contribution in [0.4, 0.5) is 4.39 Å². The van der Waals surface area contributed by atoms with Gasteiger partial charge in [0.1, 0.15) is 5.82 Å². The van der Waals surface area contributed by atoms with Gasteiger partial charge < -0.3 is 20.1 Å². The minimum atomic E-state index is -1.31. The van der Waals surface area contributed by atoms with Gasteiger partial charge in [-0.25, -0.2) is 4.39 Å². The van der Waals surface area contributed by atoms with Crippen molar-refractivity contribution in [2.45, 2.75) is 32.2 Å². The lowest BCUT2D eigenvalue weighted by atomic mass is 9.79. The Balaban J connectivity index is 1.85. The first-order valence-electron chi connectivity index (χ1n) is 10.5. The zero-order valence-electron chi connectivity index (χ0n) is 18.3. The lowest BCUT2D eigenvalue weighted by Crippen LogP contribution is -2.43. The van der Waals surface area contributed by atoms with Gasteiger partial charge in [0.25, 0.3) is 11.5 Å². The van der Waals surface area contributed by atoms with Crippen LogP contribution >= 0.6 is 11.6 Å². The van der Waals surface area contributed by atoms with Crippen LogP contribution in [0.3, 0.4) is 0 Å². The molecule has 0 unspecified atom stereocenters. The maximum Gasteiger partial charge on any atom is 0.309 e. The molecule has 180 valence electrons. The highest BCUT2D eigenvalue weighted by atomic mass is 35.5. The molecule has 8 nitrogen and oxygen atoms in total. The van der Waals surface area contributed by atoms with Crippen LogP contribution in [0.2, 0.25) is 5.02 Å². The average molecular weight is 491 g/mol. The molecule has 0 aliphatic heterocycles. The van der Waals surface area contributed by atoms with Crippen LogP contribution in [0.25, 0.3) is 11.1 Å². The number of aliphatic hydroxyl groups excluding tert-OH is 1. The van der Waals surface area contributed by atoms with Crippen LogP contribution < -0.4 is 10.9 Å². The van der Waals surface area contributed by atoms with Crippen LogP contribution in [-0.4, -0.2) is 39.9 Å². The summed E-state index contributed by atoms with van der Waals surface area (Å²) in [7, 11) is 0. The Hall–Kier alpha value is -3.43. The minimum Gasteiger partial charge on any atom is -0.481 e. The van der Waals surface area contributed by atoms with Crippen LogP contribution in [-0.2, 0) is 11.2 Å². The van der Waals surface area contributed by atoms with Crippen LogP contribution in [0.5, 0.6) is 0 Å². The number of aliphatic hydroxyl groups is 1. The number of nitrogens with one attached hydrogen (secondary N) is 2. The molecule has 34 heavy (non-hydrogen) atoms. The number of aliphatic carboxylic acids is 1. The molecular weight excluding hydrogens is 467 g/mol. The van der Waals surface area contributed by atoms with E-state index in [2.05, 4.69) is 5.32 Å². The molecule has 1 amide bonds. The van der Waals surface area contributed by atoms with E-state index >= 15 is 0 Å². The van der Waals surface area contributed by atoms with Crippen molar-refractivity contribution in [2.75, 3.05) is 6.61 Å². The second kappa shape index (κ2) is 10.7. The molecular formula is C24H24ClFN2O6. The Morgan fingerprint density at radius 2 is 1.91 bits per heavy atom. The van der Waals surface area contributed by atoms with Gasteiger partial charge in [-0.2, -0.15) is 5.16 Å². The molecule has 3 rings (SSSR count). The van der Waals surface area contributed by atoms with E-state index in [1.807, 2.05) is 5.16 Å². The summed E-state index contributed by atoms with van der Waals surface area (Å²) in [6.45, 7) is 1.15. The monoisotopic (exact) mass is 490 g/mol. The van der Waals surface area contributed by atoms with E-state index in [0.29, 0.717) is 16.1 Å². The molecule has 2 aromatic carbocycles. The maximum atomic E-state index is 14.2. The molecule has 0 aliphatic rings. The Kier molecular flexibility index (Phi) is 7.90. The lowest BCUT2D eigenvalue weighted by Gasteiger charge is -2.29. The number of carbonyl (C=O) groups excluding carboxylic acids is 1. The van der Waals surface area contributed by atoms with Crippen molar-refractivity contribution < 1.29 is 28.7 Å². The quantitative estimate of drug-likeness (QED) is 0.343. The van der Waals surface area contributed by atoms with Crippen LogP contribution in [0.1, 0.15) is 35.9 Å². The summed E-state index contributed by atoms with van der Waals surface area (Å²) in [6.07, 6.45) is 0.238. The Morgan fingerprint density at radius 1 is 1.21 bits per heavy atom. The van der Waals surface area contributed by atoms with E-state index in [1.165, 1.54) is 25.1 Å². The van der Waals surface area contributed by atoms with Crippen molar-refractivity contribution >= 4 is 23.5 Å². The highest BCUT2D eigenvalue weighted by Gasteiger charge is 2.36. The molecule has 1 heterocycles. The van der Waals surface area contributed by atoms with Gasteiger partial charge in [-0.1, -0.05) is 35.9 Å². The zero-order chi connectivity index (χ0) is 24.9. The summed E-state index contributed by atoms with van der Waals surface area (Å²) in [5, 5.41) is 24.2. The molecule has 4 N–H and O–H groups in total. The molecule has 0 spiro atoms. The van der Waals surface area contributed by atoms with Crippen LogP contribution in [0.15, 0.2) is 57.8 Å². The second-order valence-electron chi connectivity index (χ2n) is 8.32. The number of rotatable bonds is 10. The molecule has 0 bridgehead atoms. The number of aromatic nitrogens is 1. The number of hydrogen-bond acceptors (Lipinski definition) is 5. The smallest absolute Gasteiger partial charge is 0.309 e. The van der Waals surface area contributed by atoms with Gasteiger partial charge in [0.15, 0.2) is 0 Å². The first-order chi connectivity index (χ1) is 16.1. The summed E-state index contributed by atoms with van der Waals surface area (Å²) < 4.78 is 19.0. The van der Waals surface area contributed by atoms with E-state index in [9.17, 15) is 29.0 Å². The fourth-order valence-electron chi connectivity index (χ4n) is 3.74. The third-order valence-corrected chi connectivity index (χ3v) is 5.87. The van der Waals surface area contributed by atoms with E-state index in [1.54, 1.807) is 24.3 Å². The number of H-pyrrole nitrogens is 1. The zero-order valence-corrected chi connectivity index (χ0v) is 19.1.